The lowest BCUT2D eigenvalue weighted by molar-refractivity contribution is -0.125. The molecule has 0 aliphatic carbocycles. The van der Waals surface area contributed by atoms with E-state index in [1.54, 1.807) is 0 Å². The maximum atomic E-state index is 11.6. The van der Waals surface area contributed by atoms with Crippen LogP contribution in [0.4, 0.5) is 0 Å². The van der Waals surface area contributed by atoms with Gasteiger partial charge in [-0.05, 0) is 0 Å². The molecule has 0 rings (SSSR count). The van der Waals surface area contributed by atoms with Crippen LogP contribution in [-0.2, 0) is 9.59 Å². The molecule has 0 spiro atoms. The van der Waals surface area contributed by atoms with Gasteiger partial charge in [-0.3, -0.25) is 9.59 Å². The molecule has 112 valence electrons. The normalized spacial score (nSPS) is 14.5. The van der Waals surface area contributed by atoms with Crippen LogP contribution < -0.4 is 0 Å². The van der Waals surface area contributed by atoms with Crippen molar-refractivity contribution < 1.29 is 9.59 Å². The molecule has 0 aromatic heterocycles. The summed E-state index contributed by atoms with van der Waals surface area (Å²) in [5.74, 6) is 0.309. The largest absolute Gasteiger partial charge is 0.299 e. The van der Waals surface area contributed by atoms with E-state index in [-0.39, 0.29) is 47.6 Å². The number of carbonyl (C=O) groups is 2. The summed E-state index contributed by atoms with van der Waals surface area (Å²) < 4.78 is 0. The summed E-state index contributed by atoms with van der Waals surface area (Å²) in [5.41, 5.74) is 0. The first-order valence-corrected chi connectivity index (χ1v) is 6.68. The van der Waals surface area contributed by atoms with Crippen LogP contribution in [0.15, 0.2) is 10.2 Å². The van der Waals surface area contributed by atoms with Crippen molar-refractivity contribution in [1.29, 1.82) is 0 Å². The highest BCUT2D eigenvalue weighted by Gasteiger charge is 2.17. The first-order chi connectivity index (χ1) is 8.27. The standard InChI is InChI=1S/C14H26N2O2.ClH/c1-9(2)13(17)11(5)7-15-16-8-12(6)14(18)10(3)4;/h9-12H,7-8H2,1-6H3;1H. The van der Waals surface area contributed by atoms with Crippen LogP contribution in [0.5, 0.6) is 0 Å². The molecule has 0 N–H and O–H groups in total. The van der Waals surface area contributed by atoms with Crippen LogP contribution in [0.25, 0.3) is 0 Å². The van der Waals surface area contributed by atoms with Crippen molar-refractivity contribution in [2.24, 2.45) is 33.9 Å². The molecule has 0 heterocycles. The summed E-state index contributed by atoms with van der Waals surface area (Å²) in [6, 6.07) is 0. The maximum Gasteiger partial charge on any atom is 0.140 e. The SMILES string of the molecule is CC(C)C(=O)C(C)CN=NCC(C)C(=O)C(C)C.Cl. The van der Waals surface area contributed by atoms with E-state index < -0.39 is 0 Å². The van der Waals surface area contributed by atoms with Gasteiger partial charge in [-0.1, -0.05) is 41.5 Å². The van der Waals surface area contributed by atoms with Crippen LogP contribution in [0, 0.1) is 23.7 Å². The Balaban J connectivity index is 0. The third kappa shape index (κ3) is 8.09. The van der Waals surface area contributed by atoms with Crippen LogP contribution in [-0.4, -0.2) is 24.7 Å². The topological polar surface area (TPSA) is 58.9 Å². The van der Waals surface area contributed by atoms with E-state index >= 15 is 0 Å². The number of hydrogen-bond acceptors (Lipinski definition) is 4. The second kappa shape index (κ2) is 10.1. The molecule has 2 unspecified atom stereocenters. The molecule has 0 saturated carbocycles. The zero-order valence-corrected chi connectivity index (χ0v) is 13.7. The van der Waals surface area contributed by atoms with Gasteiger partial charge < -0.3 is 0 Å². The molecule has 0 saturated heterocycles. The lowest BCUT2D eigenvalue weighted by Crippen LogP contribution is -2.20. The monoisotopic (exact) mass is 290 g/mol. The quantitative estimate of drug-likeness (QED) is 0.642. The van der Waals surface area contributed by atoms with Crippen molar-refractivity contribution in [2.45, 2.75) is 41.5 Å². The van der Waals surface area contributed by atoms with Gasteiger partial charge >= 0.3 is 0 Å². The summed E-state index contributed by atoms with van der Waals surface area (Å²) in [6.07, 6.45) is 0. The van der Waals surface area contributed by atoms with E-state index in [1.807, 2.05) is 41.5 Å². The Morgan fingerprint density at radius 1 is 0.737 bits per heavy atom. The first-order valence-electron chi connectivity index (χ1n) is 6.68. The number of azo groups is 1. The van der Waals surface area contributed by atoms with E-state index in [0.717, 1.165) is 0 Å². The van der Waals surface area contributed by atoms with E-state index in [2.05, 4.69) is 10.2 Å². The zero-order valence-electron chi connectivity index (χ0n) is 12.8. The molecule has 0 aromatic carbocycles. The van der Waals surface area contributed by atoms with Gasteiger partial charge in [-0.25, -0.2) is 0 Å². The van der Waals surface area contributed by atoms with Crippen LogP contribution in [0.2, 0.25) is 0 Å². The summed E-state index contributed by atoms with van der Waals surface area (Å²) in [5, 5.41) is 8.02. The highest BCUT2D eigenvalue weighted by molar-refractivity contribution is 5.85. The van der Waals surface area contributed by atoms with Gasteiger partial charge in [0.2, 0.25) is 0 Å². The van der Waals surface area contributed by atoms with Crippen molar-refractivity contribution in [3.63, 3.8) is 0 Å². The Morgan fingerprint density at radius 3 is 1.21 bits per heavy atom. The van der Waals surface area contributed by atoms with E-state index in [0.29, 0.717) is 13.1 Å². The molecule has 2 atom stereocenters. The third-order valence-electron chi connectivity index (χ3n) is 2.92. The average Bonchev–Trinajstić information content (AvgIpc) is 2.31. The van der Waals surface area contributed by atoms with Crippen molar-refractivity contribution >= 4 is 24.0 Å². The minimum absolute atomic E-state index is 0. The number of Topliss-reactive ketones (excluding diaryl/α,β-unsaturated/α-hetero) is 2. The fraction of sp³-hybridized carbons (Fsp3) is 0.857. The van der Waals surface area contributed by atoms with Crippen LogP contribution >= 0.6 is 12.4 Å². The third-order valence-corrected chi connectivity index (χ3v) is 2.92. The second-order valence-corrected chi connectivity index (χ2v) is 5.56. The number of carbonyl (C=O) groups excluding carboxylic acids is 2. The van der Waals surface area contributed by atoms with Gasteiger partial charge in [0.1, 0.15) is 11.6 Å². The summed E-state index contributed by atoms with van der Waals surface area (Å²) in [6.45, 7) is 12.1. The lowest BCUT2D eigenvalue weighted by Gasteiger charge is -2.11. The van der Waals surface area contributed by atoms with E-state index in [4.69, 9.17) is 0 Å². The lowest BCUT2D eigenvalue weighted by atomic mass is 9.97. The Labute approximate surface area is 122 Å². The van der Waals surface area contributed by atoms with Crippen LogP contribution in [0.3, 0.4) is 0 Å². The second-order valence-electron chi connectivity index (χ2n) is 5.56. The number of halogens is 1. The molecule has 5 heteroatoms. The highest BCUT2D eigenvalue weighted by atomic mass is 35.5. The first kappa shape index (κ1) is 20.5. The molecular formula is C14H27ClN2O2. The van der Waals surface area contributed by atoms with Crippen molar-refractivity contribution in [3.05, 3.63) is 0 Å². The smallest absolute Gasteiger partial charge is 0.140 e. The summed E-state index contributed by atoms with van der Waals surface area (Å²) >= 11 is 0. The van der Waals surface area contributed by atoms with Gasteiger partial charge in [0.05, 0.1) is 13.1 Å². The molecular weight excluding hydrogens is 264 g/mol. The van der Waals surface area contributed by atoms with E-state index in [9.17, 15) is 9.59 Å². The molecule has 19 heavy (non-hydrogen) atoms. The molecule has 0 aliphatic heterocycles. The van der Waals surface area contributed by atoms with E-state index in [1.165, 1.54) is 0 Å². The van der Waals surface area contributed by atoms with Crippen molar-refractivity contribution in [2.75, 3.05) is 13.1 Å². The van der Waals surface area contributed by atoms with Crippen LogP contribution in [0.1, 0.15) is 41.5 Å². The predicted octanol–water partition coefficient (Wildman–Crippen LogP) is 3.58. The molecule has 0 fully saturated rings. The van der Waals surface area contributed by atoms with Crippen molar-refractivity contribution in [3.8, 4) is 0 Å². The Bertz CT molecular complexity index is 285. The van der Waals surface area contributed by atoms with Gasteiger partial charge in [-0.15, -0.1) is 12.4 Å². The summed E-state index contributed by atoms with van der Waals surface area (Å²) in [4.78, 5) is 23.2. The average molecular weight is 291 g/mol. The molecule has 0 amide bonds. The van der Waals surface area contributed by atoms with Gasteiger partial charge in [0.15, 0.2) is 0 Å². The zero-order chi connectivity index (χ0) is 14.3. The van der Waals surface area contributed by atoms with Gasteiger partial charge in [0.25, 0.3) is 0 Å². The summed E-state index contributed by atoms with van der Waals surface area (Å²) in [7, 11) is 0. The maximum absolute atomic E-state index is 11.6. The molecule has 0 radical (unpaired) electrons. The highest BCUT2D eigenvalue weighted by Crippen LogP contribution is 2.09. The molecule has 0 bridgehead atoms. The molecule has 0 aliphatic rings. The Hall–Kier alpha value is -0.770. The molecule has 0 aromatic rings. The Kier molecular flexibility index (Phi) is 10.9. The number of ketones is 2. The van der Waals surface area contributed by atoms with Gasteiger partial charge in [-0.2, -0.15) is 10.2 Å². The fourth-order valence-electron chi connectivity index (χ4n) is 1.68. The van der Waals surface area contributed by atoms with Gasteiger partial charge in [0, 0.05) is 23.7 Å². The number of rotatable bonds is 8. The number of nitrogens with zero attached hydrogens (tertiary/aromatic N) is 2. The fourth-order valence-corrected chi connectivity index (χ4v) is 1.68. The Morgan fingerprint density at radius 2 is 1.00 bits per heavy atom. The van der Waals surface area contributed by atoms with Crippen molar-refractivity contribution in [1.82, 2.24) is 0 Å². The molecule has 4 nitrogen and oxygen atoms in total. The minimum Gasteiger partial charge on any atom is -0.299 e. The predicted molar refractivity (Wildman–Crippen MR) is 79.9 cm³/mol. The number of hydrogen-bond donors (Lipinski definition) is 0. The minimum atomic E-state index is -0.0927.